The molecule has 2 nitrogen and oxygen atoms in total. The topological polar surface area (TPSA) is 17.8 Å². The van der Waals surface area contributed by atoms with Crippen molar-refractivity contribution >= 4 is 15.9 Å². The normalized spacial score (nSPS) is 11.7. The van der Waals surface area contributed by atoms with E-state index in [4.69, 9.17) is 0 Å². The lowest BCUT2D eigenvalue weighted by molar-refractivity contribution is -0.137. The lowest BCUT2D eigenvalue weighted by atomic mass is 10.1. The van der Waals surface area contributed by atoms with E-state index in [-0.39, 0.29) is 6.54 Å². The third-order valence-electron chi connectivity index (χ3n) is 3.44. The van der Waals surface area contributed by atoms with Crippen molar-refractivity contribution in [2.75, 3.05) is 0 Å². The summed E-state index contributed by atoms with van der Waals surface area (Å²) in [6, 6.07) is 9.47. The molecule has 24 heavy (non-hydrogen) atoms. The first-order chi connectivity index (χ1) is 11.3. The van der Waals surface area contributed by atoms with Crippen molar-refractivity contribution in [3.05, 3.63) is 76.3 Å². The van der Waals surface area contributed by atoms with Crippen LogP contribution in [0, 0.1) is 5.82 Å². The maximum Gasteiger partial charge on any atom is 0.416 e. The predicted molar refractivity (Wildman–Crippen MR) is 85.9 cm³/mol. The van der Waals surface area contributed by atoms with E-state index in [9.17, 15) is 17.6 Å². The Kier molecular flexibility index (Phi) is 4.45. The molecule has 0 amide bonds. The van der Waals surface area contributed by atoms with Gasteiger partial charge in [0.25, 0.3) is 0 Å². The molecule has 0 bridgehead atoms. The minimum absolute atomic E-state index is 0.202. The summed E-state index contributed by atoms with van der Waals surface area (Å²) in [5.74, 6) is 0.0561. The van der Waals surface area contributed by atoms with Crippen LogP contribution < -0.4 is 0 Å². The maximum atomic E-state index is 13.6. The summed E-state index contributed by atoms with van der Waals surface area (Å²) in [5, 5.41) is 0. The quantitative estimate of drug-likeness (QED) is 0.531. The molecule has 0 aliphatic heterocycles. The maximum absolute atomic E-state index is 13.6. The fourth-order valence-electron chi connectivity index (χ4n) is 2.42. The molecule has 0 spiro atoms. The first-order valence-electron chi connectivity index (χ1n) is 6.97. The summed E-state index contributed by atoms with van der Waals surface area (Å²) < 4.78 is 54.3. The number of imidazole rings is 1. The fraction of sp³-hybridized carbons (Fsp3) is 0.118. The predicted octanol–water partition coefficient (Wildman–Crippen LogP) is 5.52. The van der Waals surface area contributed by atoms with Gasteiger partial charge in [0, 0.05) is 29.0 Å². The summed E-state index contributed by atoms with van der Waals surface area (Å²) in [6.07, 6.45) is -1.21. The average Bonchev–Trinajstić information content (AvgIpc) is 2.94. The highest BCUT2D eigenvalue weighted by atomic mass is 79.9. The number of halogens is 5. The second kappa shape index (κ2) is 6.39. The van der Waals surface area contributed by atoms with Crippen LogP contribution in [0.5, 0.6) is 0 Å². The van der Waals surface area contributed by atoms with Gasteiger partial charge in [-0.25, -0.2) is 9.37 Å². The van der Waals surface area contributed by atoms with Gasteiger partial charge in [0.2, 0.25) is 0 Å². The highest BCUT2D eigenvalue weighted by molar-refractivity contribution is 9.10. The first-order valence-corrected chi connectivity index (χ1v) is 7.76. The molecule has 1 heterocycles. The zero-order chi connectivity index (χ0) is 17.3. The second-order valence-corrected chi connectivity index (χ2v) is 6.15. The molecule has 0 atom stereocenters. The molecule has 2 aromatic carbocycles. The summed E-state index contributed by atoms with van der Waals surface area (Å²) in [4.78, 5) is 4.19. The number of hydrogen-bond acceptors (Lipinski definition) is 1. The molecule has 0 aliphatic carbocycles. The minimum atomic E-state index is -4.39. The Bertz CT molecular complexity index is 851. The molecule has 0 radical (unpaired) electrons. The van der Waals surface area contributed by atoms with Crippen molar-refractivity contribution in [3.63, 3.8) is 0 Å². The molecule has 124 valence electrons. The van der Waals surface area contributed by atoms with Gasteiger partial charge in [0.15, 0.2) is 0 Å². The van der Waals surface area contributed by atoms with Crippen LogP contribution in [0.25, 0.3) is 11.4 Å². The molecule has 0 unspecified atom stereocenters. The van der Waals surface area contributed by atoms with E-state index in [1.165, 1.54) is 24.4 Å². The third kappa shape index (κ3) is 3.67. The Balaban J connectivity index is 1.94. The number of rotatable bonds is 3. The van der Waals surface area contributed by atoms with Crippen LogP contribution >= 0.6 is 15.9 Å². The van der Waals surface area contributed by atoms with Gasteiger partial charge in [0.05, 0.1) is 5.56 Å². The van der Waals surface area contributed by atoms with Crippen LogP contribution in [0.3, 0.4) is 0 Å². The number of nitrogens with zero attached hydrogens (tertiary/aromatic N) is 2. The average molecular weight is 399 g/mol. The smallest absolute Gasteiger partial charge is 0.327 e. The van der Waals surface area contributed by atoms with Gasteiger partial charge in [-0.15, -0.1) is 0 Å². The molecule has 3 aromatic rings. The zero-order valence-electron chi connectivity index (χ0n) is 12.2. The molecule has 7 heteroatoms. The Morgan fingerprint density at radius 2 is 1.88 bits per heavy atom. The van der Waals surface area contributed by atoms with Gasteiger partial charge in [-0.05, 0) is 35.9 Å². The molecule has 0 fully saturated rings. The van der Waals surface area contributed by atoms with Crippen molar-refractivity contribution < 1.29 is 17.6 Å². The lowest BCUT2D eigenvalue weighted by Gasteiger charge is -2.11. The highest BCUT2D eigenvalue weighted by Gasteiger charge is 2.30. The number of benzene rings is 2. The summed E-state index contributed by atoms with van der Waals surface area (Å²) in [5.41, 5.74) is 0.327. The van der Waals surface area contributed by atoms with E-state index in [0.29, 0.717) is 21.4 Å². The van der Waals surface area contributed by atoms with Crippen LogP contribution in [-0.2, 0) is 12.7 Å². The Labute approximate surface area is 143 Å². The molecule has 0 N–H and O–H groups in total. The van der Waals surface area contributed by atoms with Crippen LogP contribution in [0.15, 0.2) is 59.3 Å². The summed E-state index contributed by atoms with van der Waals surface area (Å²) >= 11 is 3.22. The van der Waals surface area contributed by atoms with Crippen molar-refractivity contribution in [2.45, 2.75) is 12.7 Å². The van der Waals surface area contributed by atoms with Crippen LogP contribution in [0.1, 0.15) is 11.1 Å². The SMILES string of the molecule is Fc1cc(Br)cc(-c2nccn2Cc2cccc(C(F)(F)F)c2)c1. The number of hydrogen-bond donors (Lipinski definition) is 0. The lowest BCUT2D eigenvalue weighted by Crippen LogP contribution is -2.07. The van der Waals surface area contributed by atoms with Gasteiger partial charge < -0.3 is 4.57 Å². The van der Waals surface area contributed by atoms with Crippen molar-refractivity contribution in [3.8, 4) is 11.4 Å². The zero-order valence-corrected chi connectivity index (χ0v) is 13.8. The van der Waals surface area contributed by atoms with Gasteiger partial charge >= 0.3 is 6.18 Å². The Morgan fingerprint density at radius 3 is 2.58 bits per heavy atom. The summed E-state index contributed by atoms with van der Waals surface area (Å²) in [6.45, 7) is 0.202. The molecule has 0 aliphatic rings. The molecular formula is C17H11BrF4N2. The Hall–Kier alpha value is -2.15. The van der Waals surface area contributed by atoms with E-state index >= 15 is 0 Å². The van der Waals surface area contributed by atoms with Crippen LogP contribution in [0.2, 0.25) is 0 Å². The molecular weight excluding hydrogens is 388 g/mol. The van der Waals surface area contributed by atoms with Crippen LogP contribution in [-0.4, -0.2) is 9.55 Å². The monoisotopic (exact) mass is 398 g/mol. The van der Waals surface area contributed by atoms with Gasteiger partial charge in [-0.2, -0.15) is 13.2 Å². The minimum Gasteiger partial charge on any atom is -0.327 e. The summed E-state index contributed by atoms with van der Waals surface area (Å²) in [7, 11) is 0. The van der Waals surface area contributed by atoms with E-state index in [1.54, 1.807) is 22.9 Å². The van der Waals surface area contributed by atoms with Crippen molar-refractivity contribution in [2.24, 2.45) is 0 Å². The van der Waals surface area contributed by atoms with E-state index in [0.717, 1.165) is 12.1 Å². The first kappa shape index (κ1) is 16.7. The largest absolute Gasteiger partial charge is 0.416 e. The standard InChI is InChI=1S/C17H11BrF4N2/c18-14-7-12(8-15(19)9-14)16-23-4-5-24(16)10-11-2-1-3-13(6-11)17(20,21)22/h1-9H,10H2. The van der Waals surface area contributed by atoms with E-state index in [2.05, 4.69) is 20.9 Å². The Morgan fingerprint density at radius 1 is 1.08 bits per heavy atom. The van der Waals surface area contributed by atoms with Gasteiger partial charge in [0.1, 0.15) is 11.6 Å². The molecule has 1 aromatic heterocycles. The third-order valence-corrected chi connectivity index (χ3v) is 3.90. The second-order valence-electron chi connectivity index (χ2n) is 5.24. The van der Waals surface area contributed by atoms with Gasteiger partial charge in [-0.1, -0.05) is 28.1 Å². The molecule has 0 saturated carbocycles. The van der Waals surface area contributed by atoms with Gasteiger partial charge in [-0.3, -0.25) is 0 Å². The molecule has 3 rings (SSSR count). The fourth-order valence-corrected chi connectivity index (χ4v) is 2.89. The van der Waals surface area contributed by atoms with Crippen LogP contribution in [0.4, 0.5) is 17.6 Å². The van der Waals surface area contributed by atoms with E-state index < -0.39 is 17.6 Å². The number of aromatic nitrogens is 2. The van der Waals surface area contributed by atoms with E-state index in [1.807, 2.05) is 0 Å². The number of alkyl halides is 3. The highest BCUT2D eigenvalue weighted by Crippen LogP contribution is 2.30. The van der Waals surface area contributed by atoms with Crippen molar-refractivity contribution in [1.29, 1.82) is 0 Å². The van der Waals surface area contributed by atoms with Crippen molar-refractivity contribution in [1.82, 2.24) is 9.55 Å². The molecule has 0 saturated heterocycles.